The van der Waals surface area contributed by atoms with Crippen LogP contribution in [0.5, 0.6) is 0 Å². The van der Waals surface area contributed by atoms with Gasteiger partial charge in [-0.25, -0.2) is 9.48 Å². The van der Waals surface area contributed by atoms with Crippen molar-refractivity contribution in [3.63, 3.8) is 0 Å². The summed E-state index contributed by atoms with van der Waals surface area (Å²) in [6.07, 6.45) is 1.29. The Bertz CT molecular complexity index is 991. The molecule has 2 amide bonds. The fourth-order valence-electron chi connectivity index (χ4n) is 2.90. The fourth-order valence-corrected chi connectivity index (χ4v) is 6.20. The quantitative estimate of drug-likeness (QED) is 0.405. The maximum Gasteiger partial charge on any atom is 0.352 e. The smallest absolute Gasteiger partial charge is 0.352 e. The van der Waals surface area contributed by atoms with E-state index >= 15 is 0 Å². The topological polar surface area (TPSA) is 156 Å². The van der Waals surface area contributed by atoms with Gasteiger partial charge in [-0.3, -0.25) is 14.5 Å². The van der Waals surface area contributed by atoms with Crippen molar-refractivity contribution in [2.24, 2.45) is 0 Å². The highest BCUT2D eigenvalue weighted by atomic mass is 32.2. The Labute approximate surface area is 176 Å². The van der Waals surface area contributed by atoms with Crippen LogP contribution >= 0.6 is 34.9 Å². The lowest BCUT2D eigenvalue weighted by Crippen LogP contribution is -2.70. The van der Waals surface area contributed by atoms with Crippen molar-refractivity contribution >= 4 is 52.6 Å². The highest BCUT2D eigenvalue weighted by Crippen LogP contribution is 2.41. The van der Waals surface area contributed by atoms with E-state index in [1.807, 2.05) is 6.92 Å². The van der Waals surface area contributed by atoms with Gasteiger partial charge in [0.2, 0.25) is 5.91 Å². The lowest BCUT2D eigenvalue weighted by Gasteiger charge is -2.49. The molecule has 15 heteroatoms. The third-order valence-corrected chi connectivity index (χ3v) is 7.54. The maximum absolute atomic E-state index is 12.6. The van der Waals surface area contributed by atoms with Gasteiger partial charge in [-0.2, -0.15) is 0 Å². The number of carboxylic acids is 1. The highest BCUT2D eigenvalue weighted by Gasteiger charge is 2.54. The monoisotopic (exact) mass is 454 g/mol. The molecule has 1 fully saturated rings. The van der Waals surface area contributed by atoms with Crippen LogP contribution in [0.4, 0.5) is 0 Å². The predicted molar refractivity (Wildman–Crippen MR) is 103 cm³/mol. The second-order valence-electron chi connectivity index (χ2n) is 6.10. The van der Waals surface area contributed by atoms with Gasteiger partial charge in [0.25, 0.3) is 5.91 Å². The minimum absolute atomic E-state index is 0.0153. The number of tetrazole rings is 1. The molecule has 0 spiro atoms. The summed E-state index contributed by atoms with van der Waals surface area (Å²) in [5.41, 5.74) is 0.627. The normalized spacial score (nSPS) is 21.0. The van der Waals surface area contributed by atoms with E-state index < -0.39 is 29.2 Å². The van der Waals surface area contributed by atoms with Crippen molar-refractivity contribution in [3.05, 3.63) is 22.6 Å². The minimum atomic E-state index is -1.16. The number of aliphatic carboxylic acids is 1. The number of nitrogens with one attached hydrogen (secondary N) is 1. The number of aromatic nitrogens is 6. The molecular weight excluding hydrogens is 440 g/mol. The maximum atomic E-state index is 12.6. The molecular formula is C14H14N8O4S3. The number of carboxylic acid groups (broad SMARTS) is 1. The third kappa shape index (κ3) is 3.97. The van der Waals surface area contributed by atoms with E-state index in [-0.39, 0.29) is 12.2 Å². The summed E-state index contributed by atoms with van der Waals surface area (Å²) in [6, 6.07) is -0.779. The molecule has 0 aliphatic carbocycles. The Balaban J connectivity index is 1.44. The van der Waals surface area contributed by atoms with Crippen molar-refractivity contribution in [2.45, 2.75) is 29.2 Å². The summed E-state index contributed by atoms with van der Waals surface area (Å²) in [7, 11) is 0. The van der Waals surface area contributed by atoms with Gasteiger partial charge in [0.05, 0.1) is 0 Å². The Kier molecular flexibility index (Phi) is 5.51. The first-order chi connectivity index (χ1) is 13.9. The van der Waals surface area contributed by atoms with Gasteiger partial charge >= 0.3 is 5.97 Å². The number of carbonyl (C=O) groups is 3. The number of rotatable bonds is 7. The number of hydrogen-bond acceptors (Lipinski definition) is 11. The van der Waals surface area contributed by atoms with Gasteiger partial charge in [-0.15, -0.1) is 27.1 Å². The number of β-lactam (4-membered cyclic amide) rings is 1. The zero-order chi connectivity index (χ0) is 20.5. The van der Waals surface area contributed by atoms with Gasteiger partial charge in [-0.1, -0.05) is 23.1 Å². The Morgan fingerprint density at radius 2 is 2.24 bits per heavy atom. The molecule has 152 valence electrons. The molecule has 0 radical (unpaired) electrons. The van der Waals surface area contributed by atoms with Gasteiger partial charge in [0.1, 0.15) is 35.0 Å². The molecule has 2 aromatic heterocycles. The standard InChI is InChI=1S/C14H14N8O4S3/c1-6-17-18-14(29-6)28-4-7-3-27-12-9(11(24)22(12)10(7)13(25)26)16-8(23)2-21-5-15-19-20-21/h5,9,12H,2-4H2,1H3,(H,16,23)(H,25,26)/t9?,12-/m0/s1. The molecule has 4 rings (SSSR count). The molecule has 2 aliphatic heterocycles. The molecule has 0 aromatic carbocycles. The summed E-state index contributed by atoms with van der Waals surface area (Å²) < 4.78 is 1.98. The molecule has 0 saturated carbocycles. The van der Waals surface area contributed by atoms with Crippen LogP contribution in [0.1, 0.15) is 5.01 Å². The summed E-state index contributed by atoms with van der Waals surface area (Å²) >= 11 is 4.24. The molecule has 12 nitrogen and oxygen atoms in total. The molecule has 1 saturated heterocycles. The lowest BCUT2D eigenvalue weighted by atomic mass is 10.0. The zero-order valence-electron chi connectivity index (χ0n) is 14.9. The highest BCUT2D eigenvalue weighted by molar-refractivity contribution is 8.01. The first-order valence-electron chi connectivity index (χ1n) is 8.27. The first kappa shape index (κ1) is 19.8. The van der Waals surface area contributed by atoms with Crippen LogP contribution in [0.25, 0.3) is 0 Å². The van der Waals surface area contributed by atoms with Gasteiger partial charge < -0.3 is 10.4 Å². The summed E-state index contributed by atoms with van der Waals surface area (Å²) in [6.45, 7) is 1.72. The van der Waals surface area contributed by atoms with Gasteiger partial charge in [-0.05, 0) is 22.9 Å². The molecule has 0 bridgehead atoms. The number of carbonyl (C=O) groups excluding carboxylic acids is 2. The predicted octanol–water partition coefficient (Wildman–Crippen LogP) is -0.636. The number of amides is 2. The third-order valence-electron chi connectivity index (χ3n) is 4.14. The van der Waals surface area contributed by atoms with Crippen molar-refractivity contribution in [2.75, 3.05) is 11.5 Å². The zero-order valence-corrected chi connectivity index (χ0v) is 17.3. The molecule has 1 unspecified atom stereocenters. The number of thioether (sulfide) groups is 2. The van der Waals surface area contributed by atoms with Crippen molar-refractivity contribution in [1.29, 1.82) is 0 Å². The van der Waals surface area contributed by atoms with Crippen molar-refractivity contribution in [1.82, 2.24) is 40.6 Å². The molecule has 2 aliphatic rings. The Morgan fingerprint density at radius 3 is 2.90 bits per heavy atom. The Hall–Kier alpha value is -2.52. The molecule has 4 heterocycles. The summed E-state index contributed by atoms with van der Waals surface area (Å²) in [4.78, 5) is 37.8. The van der Waals surface area contributed by atoms with E-state index in [9.17, 15) is 19.5 Å². The van der Waals surface area contributed by atoms with Crippen LogP contribution in [0, 0.1) is 6.92 Å². The van der Waals surface area contributed by atoms with Crippen LogP contribution in [0.3, 0.4) is 0 Å². The molecule has 2 aromatic rings. The minimum Gasteiger partial charge on any atom is -0.477 e. The van der Waals surface area contributed by atoms with E-state index in [1.54, 1.807) is 0 Å². The van der Waals surface area contributed by atoms with Crippen LogP contribution in [-0.2, 0) is 20.9 Å². The Morgan fingerprint density at radius 1 is 1.41 bits per heavy atom. The fraction of sp³-hybridized carbons (Fsp3) is 0.429. The summed E-state index contributed by atoms with van der Waals surface area (Å²) in [5.74, 6) is -1.19. The van der Waals surface area contributed by atoms with E-state index in [4.69, 9.17) is 0 Å². The van der Waals surface area contributed by atoms with Crippen molar-refractivity contribution in [3.8, 4) is 0 Å². The number of aryl methyl sites for hydroxylation is 1. The first-order valence-corrected chi connectivity index (χ1v) is 11.1. The van der Waals surface area contributed by atoms with Crippen molar-refractivity contribution < 1.29 is 19.5 Å². The average molecular weight is 455 g/mol. The summed E-state index contributed by atoms with van der Waals surface area (Å²) in [5, 5.41) is 31.1. The van der Waals surface area contributed by atoms with E-state index in [2.05, 4.69) is 31.0 Å². The van der Waals surface area contributed by atoms with Gasteiger partial charge in [0.15, 0.2) is 4.34 Å². The van der Waals surface area contributed by atoms with Crippen LogP contribution in [0.15, 0.2) is 21.9 Å². The van der Waals surface area contributed by atoms with Gasteiger partial charge in [0, 0.05) is 11.5 Å². The van der Waals surface area contributed by atoms with Crippen LogP contribution < -0.4 is 5.32 Å². The number of nitrogens with zero attached hydrogens (tertiary/aromatic N) is 7. The van der Waals surface area contributed by atoms with Crippen LogP contribution in [0.2, 0.25) is 0 Å². The number of hydrogen-bond donors (Lipinski definition) is 2. The SMILES string of the molecule is Cc1nnc(SCC2=C(C(=O)O)N3C(=O)C(NC(=O)Cn4cnnn4)[C@@H]3SC2)s1. The molecule has 2 atom stereocenters. The molecule has 29 heavy (non-hydrogen) atoms. The number of fused-ring (bicyclic) bond motifs is 1. The van der Waals surface area contributed by atoms with Crippen LogP contribution in [-0.4, -0.2) is 81.1 Å². The lowest BCUT2D eigenvalue weighted by molar-refractivity contribution is -0.150. The van der Waals surface area contributed by atoms with E-state index in [0.717, 1.165) is 9.35 Å². The second kappa shape index (κ2) is 8.08. The van der Waals surface area contributed by atoms with E-state index in [0.29, 0.717) is 17.1 Å². The second-order valence-corrected chi connectivity index (χ2v) is 9.60. The average Bonchev–Trinajstić information content (AvgIpc) is 3.35. The molecule has 2 N–H and O–H groups in total. The van der Waals surface area contributed by atoms with E-state index in [1.165, 1.54) is 50.8 Å². The largest absolute Gasteiger partial charge is 0.477 e.